The van der Waals surface area contributed by atoms with Crippen LogP contribution in [0.15, 0.2) is 24.3 Å². The molecule has 9 nitrogen and oxygen atoms in total. The number of carbonyl (C=O) groups is 3. The summed E-state index contributed by atoms with van der Waals surface area (Å²) < 4.78 is 5.26. The number of amides is 3. The van der Waals surface area contributed by atoms with Gasteiger partial charge in [0, 0.05) is 24.3 Å². The number of carbonyl (C=O) groups excluding carboxylic acids is 3. The van der Waals surface area contributed by atoms with Crippen molar-refractivity contribution >= 4 is 23.6 Å². The summed E-state index contributed by atoms with van der Waals surface area (Å²) in [6, 6.07) is 5.98. The summed E-state index contributed by atoms with van der Waals surface area (Å²) in [6.07, 6.45) is 4.75. The van der Waals surface area contributed by atoms with E-state index in [1.54, 1.807) is 30.5 Å². The van der Waals surface area contributed by atoms with E-state index in [1.165, 1.54) is 13.5 Å². The van der Waals surface area contributed by atoms with Crippen molar-refractivity contribution in [3.8, 4) is 6.19 Å². The van der Waals surface area contributed by atoms with Gasteiger partial charge in [-0.05, 0) is 69.5 Å². The summed E-state index contributed by atoms with van der Waals surface area (Å²) in [4.78, 5) is 40.2. The maximum atomic E-state index is 12.6. The minimum atomic E-state index is -0.793. The zero-order valence-electron chi connectivity index (χ0n) is 19.3. The number of nitrogens with zero attached hydrogens (tertiary/aromatic N) is 3. The highest BCUT2D eigenvalue weighted by Gasteiger charge is 2.25. The van der Waals surface area contributed by atoms with Crippen LogP contribution in [0, 0.1) is 17.4 Å². The maximum absolute atomic E-state index is 12.6. The van der Waals surface area contributed by atoms with Crippen molar-refractivity contribution in [1.82, 2.24) is 15.1 Å². The Morgan fingerprint density at radius 1 is 1.28 bits per heavy atom. The summed E-state index contributed by atoms with van der Waals surface area (Å²) in [5, 5.41) is 14.3. The zero-order chi connectivity index (χ0) is 23.7. The molecule has 0 spiro atoms. The molecule has 0 saturated carbocycles. The lowest BCUT2D eigenvalue weighted by Crippen LogP contribution is -2.46. The topological polar surface area (TPSA) is 115 Å². The van der Waals surface area contributed by atoms with Crippen LogP contribution in [-0.2, 0) is 9.53 Å². The number of likely N-dealkylation sites (tertiary alicyclic amines) is 1. The standard InChI is InChI=1S/C23H33N5O4/c1-16(2)14-20(22(30)28(4)15-24)26-21(29)17-7-9-18(10-8-17)25-23(31)32-13-11-19-6-5-12-27(19)3/h7-10,16,19-20H,5-6,11-14H2,1-4H3,(H,25,31)(H,26,29). The summed E-state index contributed by atoms with van der Waals surface area (Å²) >= 11 is 0. The van der Waals surface area contributed by atoms with Gasteiger partial charge in [0.25, 0.3) is 11.8 Å². The summed E-state index contributed by atoms with van der Waals surface area (Å²) in [5.74, 6) is -0.729. The Kier molecular flexibility index (Phi) is 9.47. The molecule has 0 radical (unpaired) electrons. The summed E-state index contributed by atoms with van der Waals surface area (Å²) in [5.41, 5.74) is 0.845. The van der Waals surface area contributed by atoms with Gasteiger partial charge >= 0.3 is 6.09 Å². The fourth-order valence-corrected chi connectivity index (χ4v) is 3.71. The first-order valence-corrected chi connectivity index (χ1v) is 10.9. The van der Waals surface area contributed by atoms with Gasteiger partial charge in [0.05, 0.1) is 6.61 Å². The second-order valence-electron chi connectivity index (χ2n) is 8.56. The Labute approximate surface area is 189 Å². The number of nitrogens with one attached hydrogen (secondary N) is 2. The molecule has 0 aliphatic carbocycles. The molecule has 2 rings (SSSR count). The number of anilines is 1. The van der Waals surface area contributed by atoms with E-state index in [2.05, 4.69) is 22.6 Å². The van der Waals surface area contributed by atoms with E-state index >= 15 is 0 Å². The first-order chi connectivity index (χ1) is 15.2. The van der Waals surface area contributed by atoms with Crippen molar-refractivity contribution < 1.29 is 19.1 Å². The van der Waals surface area contributed by atoms with Crippen molar-refractivity contribution in [1.29, 1.82) is 5.26 Å². The minimum Gasteiger partial charge on any atom is -0.449 e. The second-order valence-corrected chi connectivity index (χ2v) is 8.56. The van der Waals surface area contributed by atoms with Crippen molar-refractivity contribution in [3.05, 3.63) is 29.8 Å². The first kappa shape index (κ1) is 25.1. The van der Waals surface area contributed by atoms with Gasteiger partial charge in [-0.25, -0.2) is 4.79 Å². The molecule has 1 fully saturated rings. The van der Waals surface area contributed by atoms with Crippen LogP contribution in [0.4, 0.5) is 10.5 Å². The SMILES string of the molecule is CC(C)CC(NC(=O)c1ccc(NC(=O)OCCC2CCCN2C)cc1)C(=O)N(C)C#N. The van der Waals surface area contributed by atoms with Crippen molar-refractivity contribution in [3.63, 3.8) is 0 Å². The number of hydrogen-bond acceptors (Lipinski definition) is 6. The van der Waals surface area contributed by atoms with E-state index in [4.69, 9.17) is 10.00 Å². The Hall–Kier alpha value is -3.12. The molecule has 1 aromatic carbocycles. The van der Waals surface area contributed by atoms with Gasteiger partial charge < -0.3 is 15.0 Å². The predicted octanol–water partition coefficient (Wildman–Crippen LogP) is 2.80. The Morgan fingerprint density at radius 3 is 2.53 bits per heavy atom. The number of likely N-dealkylation sites (N-methyl/N-ethyl adjacent to an activating group) is 1. The maximum Gasteiger partial charge on any atom is 0.411 e. The molecule has 1 aliphatic heterocycles. The minimum absolute atomic E-state index is 0.156. The third-order valence-corrected chi connectivity index (χ3v) is 5.54. The average Bonchev–Trinajstić information content (AvgIpc) is 3.16. The van der Waals surface area contributed by atoms with Crippen LogP contribution in [0.3, 0.4) is 0 Å². The van der Waals surface area contributed by atoms with Gasteiger partial charge in [0.2, 0.25) is 0 Å². The molecule has 1 saturated heterocycles. The molecule has 0 bridgehead atoms. The van der Waals surface area contributed by atoms with Crippen LogP contribution in [0.1, 0.15) is 49.9 Å². The highest BCUT2D eigenvalue weighted by Crippen LogP contribution is 2.18. The second kappa shape index (κ2) is 12.1. The lowest BCUT2D eigenvalue weighted by molar-refractivity contribution is -0.129. The van der Waals surface area contributed by atoms with Crippen LogP contribution >= 0.6 is 0 Å². The highest BCUT2D eigenvalue weighted by atomic mass is 16.5. The smallest absolute Gasteiger partial charge is 0.411 e. The van der Waals surface area contributed by atoms with Gasteiger partial charge in [-0.15, -0.1) is 0 Å². The third-order valence-electron chi connectivity index (χ3n) is 5.54. The molecule has 2 N–H and O–H groups in total. The van der Waals surface area contributed by atoms with Gasteiger partial charge in [-0.3, -0.25) is 19.8 Å². The third kappa shape index (κ3) is 7.54. The van der Waals surface area contributed by atoms with Crippen LogP contribution in [-0.4, -0.2) is 67.0 Å². The van der Waals surface area contributed by atoms with Crippen molar-refractivity contribution in [2.24, 2.45) is 5.92 Å². The van der Waals surface area contributed by atoms with E-state index in [9.17, 15) is 14.4 Å². The van der Waals surface area contributed by atoms with E-state index < -0.39 is 23.9 Å². The van der Waals surface area contributed by atoms with Gasteiger partial charge in [-0.2, -0.15) is 5.26 Å². The molecular formula is C23H33N5O4. The normalized spacial score (nSPS) is 16.8. The molecule has 32 heavy (non-hydrogen) atoms. The van der Waals surface area contributed by atoms with Crippen molar-refractivity contribution in [2.45, 2.75) is 51.6 Å². The number of rotatable bonds is 9. The number of hydrogen-bond donors (Lipinski definition) is 2. The molecule has 0 aromatic heterocycles. The van der Waals surface area contributed by atoms with E-state index in [0.717, 1.165) is 24.3 Å². The van der Waals surface area contributed by atoms with Crippen LogP contribution in [0.5, 0.6) is 0 Å². The van der Waals surface area contributed by atoms with Gasteiger partial charge in [0.1, 0.15) is 6.04 Å². The average molecular weight is 444 g/mol. The number of nitriles is 1. The lowest BCUT2D eigenvalue weighted by Gasteiger charge is -2.21. The molecule has 1 heterocycles. The fourth-order valence-electron chi connectivity index (χ4n) is 3.71. The number of ether oxygens (including phenoxy) is 1. The highest BCUT2D eigenvalue weighted by molar-refractivity contribution is 5.98. The quantitative estimate of drug-likeness (QED) is 0.448. The van der Waals surface area contributed by atoms with Crippen molar-refractivity contribution in [2.75, 3.05) is 32.6 Å². The van der Waals surface area contributed by atoms with E-state index in [0.29, 0.717) is 30.3 Å². The van der Waals surface area contributed by atoms with Crippen LogP contribution < -0.4 is 10.6 Å². The molecule has 3 amide bonds. The predicted molar refractivity (Wildman–Crippen MR) is 121 cm³/mol. The first-order valence-electron chi connectivity index (χ1n) is 10.9. The van der Waals surface area contributed by atoms with Crippen LogP contribution in [0.2, 0.25) is 0 Å². The van der Waals surface area contributed by atoms with E-state index in [1.807, 2.05) is 13.8 Å². The Balaban J connectivity index is 1.87. The van der Waals surface area contributed by atoms with E-state index in [-0.39, 0.29) is 5.92 Å². The molecule has 2 atom stereocenters. The number of benzene rings is 1. The van der Waals surface area contributed by atoms with Gasteiger partial charge in [0.15, 0.2) is 6.19 Å². The molecule has 1 aromatic rings. The molecule has 9 heteroatoms. The molecule has 2 unspecified atom stereocenters. The molecule has 174 valence electrons. The fraction of sp³-hybridized carbons (Fsp3) is 0.565. The Morgan fingerprint density at radius 2 is 1.97 bits per heavy atom. The van der Waals surface area contributed by atoms with Crippen LogP contribution in [0.25, 0.3) is 0 Å². The lowest BCUT2D eigenvalue weighted by atomic mass is 10.0. The zero-order valence-corrected chi connectivity index (χ0v) is 19.3. The molecular weight excluding hydrogens is 410 g/mol. The molecule has 1 aliphatic rings. The summed E-state index contributed by atoms with van der Waals surface area (Å²) in [6.45, 7) is 5.30. The largest absolute Gasteiger partial charge is 0.449 e. The monoisotopic (exact) mass is 443 g/mol. The van der Waals surface area contributed by atoms with Gasteiger partial charge in [-0.1, -0.05) is 13.8 Å². The summed E-state index contributed by atoms with van der Waals surface area (Å²) in [7, 11) is 3.45. The Bertz CT molecular complexity index is 834.